The molecular formula is C20H23F2N3O3S. The number of alkyl halides is 1. The third kappa shape index (κ3) is 4.03. The van der Waals surface area contributed by atoms with E-state index in [4.69, 9.17) is 5.14 Å². The van der Waals surface area contributed by atoms with Crippen molar-refractivity contribution in [1.82, 2.24) is 9.71 Å². The number of nitrogens with two attached hydrogens (primary N) is 1. The topological polar surface area (TPSA) is 105 Å². The van der Waals surface area contributed by atoms with Crippen molar-refractivity contribution in [2.45, 2.75) is 37.9 Å². The van der Waals surface area contributed by atoms with Crippen molar-refractivity contribution in [2.75, 3.05) is 0 Å². The smallest absolute Gasteiger partial charge is 0.275 e. The molecule has 1 aliphatic carbocycles. The van der Waals surface area contributed by atoms with Gasteiger partial charge in [0.15, 0.2) is 5.67 Å². The van der Waals surface area contributed by atoms with Gasteiger partial charge in [0.25, 0.3) is 10.2 Å². The normalized spacial score (nSPS) is 30.0. The molecule has 0 saturated carbocycles. The number of Topliss-reactive ketones (excluding diaryl/α,β-unsaturated/α-hetero) is 1. The first-order chi connectivity index (χ1) is 13.4. The molecule has 3 unspecified atom stereocenters. The lowest BCUT2D eigenvalue weighted by Crippen LogP contribution is -2.62. The van der Waals surface area contributed by atoms with E-state index in [1.54, 1.807) is 36.5 Å². The predicted molar refractivity (Wildman–Crippen MR) is 106 cm³/mol. The van der Waals surface area contributed by atoms with Crippen molar-refractivity contribution in [3.8, 4) is 0 Å². The highest BCUT2D eigenvalue weighted by Crippen LogP contribution is 2.54. The van der Waals surface area contributed by atoms with Crippen molar-refractivity contribution in [3.63, 3.8) is 0 Å². The van der Waals surface area contributed by atoms with E-state index in [9.17, 15) is 13.2 Å². The number of H-pyrrole nitrogens is 1. The summed E-state index contributed by atoms with van der Waals surface area (Å²) in [6, 6.07) is 11.1. The molecule has 0 saturated heterocycles. The lowest BCUT2D eigenvalue weighted by molar-refractivity contribution is -0.00612. The van der Waals surface area contributed by atoms with Gasteiger partial charge in [0, 0.05) is 30.3 Å². The molecule has 3 atom stereocenters. The second-order valence-corrected chi connectivity index (χ2v) is 9.23. The Morgan fingerprint density at radius 1 is 1.21 bits per heavy atom. The van der Waals surface area contributed by atoms with Gasteiger partial charge in [-0.2, -0.15) is 13.1 Å². The molecule has 156 valence electrons. The summed E-state index contributed by atoms with van der Waals surface area (Å²) < 4.78 is 57.4. The number of nitrogens with one attached hydrogen (secondary N) is 2. The number of hydrogen-bond donors (Lipinski definition) is 3. The number of benzene rings is 1. The van der Waals surface area contributed by atoms with Gasteiger partial charge in [-0.1, -0.05) is 30.3 Å². The average Bonchev–Trinajstić information content (AvgIpc) is 3.11. The average molecular weight is 423 g/mol. The Balaban J connectivity index is 2.16. The van der Waals surface area contributed by atoms with E-state index in [1.807, 2.05) is 0 Å². The monoisotopic (exact) mass is 423 g/mol. The van der Waals surface area contributed by atoms with Gasteiger partial charge in [0.1, 0.15) is 5.83 Å². The second-order valence-electron chi connectivity index (χ2n) is 7.93. The van der Waals surface area contributed by atoms with Gasteiger partial charge in [-0.25, -0.2) is 13.9 Å². The minimum Gasteiger partial charge on any atom is -0.365 e. The SMILES string of the molecule is CC1(NS(N)(=O)=O)C=C(F)C(C)(Cc2ccc[nH]2)C(F)(C(=O)c2ccccc2)C1. The van der Waals surface area contributed by atoms with E-state index in [0.717, 1.165) is 6.08 Å². The Kier molecular flexibility index (Phi) is 5.27. The fraction of sp³-hybridized carbons (Fsp3) is 0.350. The van der Waals surface area contributed by atoms with Gasteiger partial charge < -0.3 is 4.98 Å². The van der Waals surface area contributed by atoms with Crippen LogP contribution in [0.25, 0.3) is 0 Å². The van der Waals surface area contributed by atoms with Crippen LogP contribution < -0.4 is 9.86 Å². The number of rotatable bonds is 6. The number of carbonyl (C=O) groups is 1. The number of aromatic amines is 1. The van der Waals surface area contributed by atoms with Crippen molar-refractivity contribution in [2.24, 2.45) is 10.6 Å². The second kappa shape index (κ2) is 7.16. The Hall–Kier alpha value is -2.36. The van der Waals surface area contributed by atoms with Crippen LogP contribution >= 0.6 is 0 Å². The third-order valence-electron chi connectivity index (χ3n) is 5.44. The minimum absolute atomic E-state index is 0.0698. The molecule has 0 fully saturated rings. The summed E-state index contributed by atoms with van der Waals surface area (Å²) in [5, 5.41) is 5.05. The quantitative estimate of drug-likeness (QED) is 0.622. The van der Waals surface area contributed by atoms with Crippen LogP contribution in [0.4, 0.5) is 8.78 Å². The van der Waals surface area contributed by atoms with Crippen molar-refractivity contribution in [3.05, 3.63) is 71.8 Å². The molecule has 1 heterocycles. The number of allylic oxidation sites excluding steroid dienone is 1. The molecule has 0 radical (unpaired) electrons. The number of halogens is 2. The van der Waals surface area contributed by atoms with E-state index in [1.165, 1.54) is 26.0 Å². The fourth-order valence-electron chi connectivity index (χ4n) is 4.00. The van der Waals surface area contributed by atoms with E-state index in [-0.39, 0.29) is 12.0 Å². The number of hydrogen-bond acceptors (Lipinski definition) is 3. The van der Waals surface area contributed by atoms with Gasteiger partial charge in [-0.05, 0) is 32.1 Å². The molecular weight excluding hydrogens is 400 g/mol. The minimum atomic E-state index is -4.28. The zero-order valence-electron chi connectivity index (χ0n) is 16.1. The highest BCUT2D eigenvalue weighted by molar-refractivity contribution is 7.87. The zero-order chi connectivity index (χ0) is 21.5. The summed E-state index contributed by atoms with van der Waals surface area (Å²) in [6.45, 7) is 2.62. The highest BCUT2D eigenvalue weighted by Gasteiger charge is 2.62. The molecule has 1 aliphatic rings. The van der Waals surface area contributed by atoms with Gasteiger partial charge in [-0.3, -0.25) is 4.79 Å². The molecule has 9 heteroatoms. The molecule has 1 aromatic heterocycles. The first-order valence-electron chi connectivity index (χ1n) is 9.00. The first kappa shape index (κ1) is 21.4. The summed E-state index contributed by atoms with van der Waals surface area (Å²) in [6.07, 6.45) is 1.88. The molecule has 3 rings (SSSR count). The Labute approximate surface area is 168 Å². The molecule has 0 bridgehead atoms. The zero-order valence-corrected chi connectivity index (χ0v) is 16.9. The molecule has 2 aromatic rings. The molecule has 0 aliphatic heterocycles. The van der Waals surface area contributed by atoms with Crippen LogP contribution in [0.3, 0.4) is 0 Å². The van der Waals surface area contributed by atoms with Crippen molar-refractivity contribution < 1.29 is 22.0 Å². The maximum atomic E-state index is 16.7. The van der Waals surface area contributed by atoms with Crippen molar-refractivity contribution >= 4 is 16.0 Å². The lowest BCUT2D eigenvalue weighted by atomic mass is 9.59. The van der Waals surface area contributed by atoms with E-state index >= 15 is 8.78 Å². The molecule has 4 N–H and O–H groups in total. The lowest BCUT2D eigenvalue weighted by Gasteiger charge is -2.48. The van der Waals surface area contributed by atoms with E-state index in [2.05, 4.69) is 9.71 Å². The first-order valence-corrected chi connectivity index (χ1v) is 10.5. The molecule has 1 aromatic carbocycles. The fourth-order valence-corrected chi connectivity index (χ4v) is 4.78. The molecule has 0 amide bonds. The summed E-state index contributed by atoms with van der Waals surface area (Å²) in [4.78, 5) is 16.2. The number of ketones is 1. The molecule has 29 heavy (non-hydrogen) atoms. The standard InChI is InChI=1S/C20H23F2N3O3S/c1-18(25-29(23,27)28)12-16(21)19(2,11-15-9-6-10-24-15)20(22,13-18)17(26)14-7-4-3-5-8-14/h3-10,12,24-25H,11,13H2,1-2H3,(H2,23,27,28). The molecule has 6 nitrogen and oxygen atoms in total. The largest absolute Gasteiger partial charge is 0.365 e. The highest BCUT2D eigenvalue weighted by atomic mass is 32.2. The number of aromatic nitrogens is 1. The Morgan fingerprint density at radius 3 is 2.41 bits per heavy atom. The van der Waals surface area contributed by atoms with Crippen LogP contribution in [0.2, 0.25) is 0 Å². The van der Waals surface area contributed by atoms with Crippen LogP contribution in [-0.4, -0.2) is 30.4 Å². The van der Waals surface area contributed by atoms with Gasteiger partial charge >= 0.3 is 0 Å². The predicted octanol–water partition coefficient (Wildman–Crippen LogP) is 2.96. The van der Waals surface area contributed by atoms with E-state index in [0.29, 0.717) is 5.69 Å². The molecule has 0 spiro atoms. The van der Waals surface area contributed by atoms with Gasteiger partial charge in [0.05, 0.1) is 11.0 Å². The van der Waals surface area contributed by atoms with Gasteiger partial charge in [0.2, 0.25) is 5.78 Å². The van der Waals surface area contributed by atoms with E-state index < -0.39 is 44.9 Å². The third-order valence-corrected chi connectivity index (χ3v) is 6.19. The summed E-state index contributed by atoms with van der Waals surface area (Å²) in [5.41, 5.74) is -5.71. The van der Waals surface area contributed by atoms with Crippen molar-refractivity contribution in [1.29, 1.82) is 0 Å². The Morgan fingerprint density at radius 2 is 1.86 bits per heavy atom. The van der Waals surface area contributed by atoms with Crippen LogP contribution in [0, 0.1) is 5.41 Å². The van der Waals surface area contributed by atoms with Crippen LogP contribution in [0.15, 0.2) is 60.6 Å². The van der Waals surface area contributed by atoms with Gasteiger partial charge in [-0.15, -0.1) is 0 Å². The maximum absolute atomic E-state index is 16.7. The summed E-state index contributed by atoms with van der Waals surface area (Å²) in [5.74, 6) is -1.85. The van der Waals surface area contributed by atoms with Crippen LogP contribution in [-0.2, 0) is 16.6 Å². The summed E-state index contributed by atoms with van der Waals surface area (Å²) in [7, 11) is -4.28. The summed E-state index contributed by atoms with van der Waals surface area (Å²) >= 11 is 0. The maximum Gasteiger partial charge on any atom is 0.275 e. The Bertz CT molecular complexity index is 1040. The number of carbonyl (C=O) groups excluding carboxylic acids is 1. The van der Waals surface area contributed by atoms with Crippen LogP contribution in [0.1, 0.15) is 36.3 Å². The van der Waals surface area contributed by atoms with Crippen LogP contribution in [0.5, 0.6) is 0 Å².